The summed E-state index contributed by atoms with van der Waals surface area (Å²) >= 11 is 9.88. The summed E-state index contributed by atoms with van der Waals surface area (Å²) in [6.07, 6.45) is 4.39. The summed E-state index contributed by atoms with van der Waals surface area (Å²) < 4.78 is 6.60. The van der Waals surface area contributed by atoms with Crippen LogP contribution in [0, 0.1) is 0 Å². The summed E-state index contributed by atoms with van der Waals surface area (Å²) in [6, 6.07) is 6.12. The normalized spacial score (nSPS) is 12.5. The van der Waals surface area contributed by atoms with E-state index in [0.29, 0.717) is 0 Å². The second kappa shape index (κ2) is 7.99. The molecule has 0 bridgehead atoms. The largest absolute Gasteiger partial charge is 0.492 e. The Hall–Kier alpha value is -0.210. The third-order valence-electron chi connectivity index (χ3n) is 2.59. The summed E-state index contributed by atoms with van der Waals surface area (Å²) in [5.74, 6) is 0.898. The van der Waals surface area contributed by atoms with E-state index in [2.05, 4.69) is 41.9 Å². The maximum absolute atomic E-state index is 6.35. The lowest BCUT2D eigenvalue weighted by atomic mass is 10.1. The van der Waals surface area contributed by atoms with E-state index >= 15 is 0 Å². The van der Waals surface area contributed by atoms with Crippen LogP contribution in [0.2, 0.25) is 0 Å². The molecular formula is C14H20BrClO. The van der Waals surface area contributed by atoms with Crippen molar-refractivity contribution in [2.75, 3.05) is 6.61 Å². The second-order valence-corrected chi connectivity index (χ2v) is 5.53. The zero-order valence-corrected chi connectivity index (χ0v) is 12.9. The number of benzene rings is 1. The Bertz CT molecular complexity index is 341. The zero-order valence-electron chi connectivity index (χ0n) is 10.5. The van der Waals surface area contributed by atoms with E-state index in [1.807, 2.05) is 6.07 Å². The lowest BCUT2D eigenvalue weighted by Gasteiger charge is -2.12. The molecule has 1 nitrogen and oxygen atoms in total. The summed E-state index contributed by atoms with van der Waals surface area (Å²) in [5.41, 5.74) is 1.16. The van der Waals surface area contributed by atoms with Gasteiger partial charge in [-0.1, -0.05) is 32.8 Å². The van der Waals surface area contributed by atoms with Gasteiger partial charge in [-0.15, -0.1) is 11.6 Å². The molecule has 3 heteroatoms. The predicted molar refractivity (Wildman–Crippen MR) is 78.0 cm³/mol. The van der Waals surface area contributed by atoms with Crippen molar-refractivity contribution >= 4 is 27.5 Å². The molecule has 0 aliphatic rings. The molecule has 0 saturated carbocycles. The van der Waals surface area contributed by atoms with Crippen LogP contribution in [0.1, 0.15) is 50.5 Å². The SMILES string of the molecule is CCCCC(Cl)c1ccc(OCCC)c(Br)c1. The number of halogens is 2. The molecule has 0 aromatic heterocycles. The predicted octanol–water partition coefficient (Wildman–Crippen LogP) is 5.71. The van der Waals surface area contributed by atoms with Crippen LogP contribution in [-0.4, -0.2) is 6.61 Å². The maximum Gasteiger partial charge on any atom is 0.133 e. The van der Waals surface area contributed by atoms with Gasteiger partial charge in [0.15, 0.2) is 0 Å². The monoisotopic (exact) mass is 318 g/mol. The van der Waals surface area contributed by atoms with Crippen molar-refractivity contribution in [3.05, 3.63) is 28.2 Å². The van der Waals surface area contributed by atoms with E-state index in [1.54, 1.807) is 0 Å². The third-order valence-corrected chi connectivity index (χ3v) is 3.68. The molecule has 0 amide bonds. The zero-order chi connectivity index (χ0) is 12.7. The quantitative estimate of drug-likeness (QED) is 0.585. The van der Waals surface area contributed by atoms with Gasteiger partial charge in [-0.3, -0.25) is 0 Å². The van der Waals surface area contributed by atoms with Crippen LogP contribution < -0.4 is 4.74 Å². The first-order valence-electron chi connectivity index (χ1n) is 6.25. The van der Waals surface area contributed by atoms with E-state index in [0.717, 1.165) is 35.2 Å². The van der Waals surface area contributed by atoms with Gasteiger partial charge in [0.05, 0.1) is 16.5 Å². The van der Waals surface area contributed by atoms with E-state index in [1.165, 1.54) is 12.8 Å². The fourth-order valence-corrected chi connectivity index (χ4v) is 2.39. The van der Waals surface area contributed by atoms with Crippen LogP contribution in [0.15, 0.2) is 22.7 Å². The Labute approximate surface area is 118 Å². The maximum atomic E-state index is 6.35. The average Bonchev–Trinajstić information content (AvgIpc) is 2.34. The van der Waals surface area contributed by atoms with Gasteiger partial charge in [0.1, 0.15) is 5.75 Å². The van der Waals surface area contributed by atoms with Crippen LogP contribution in [-0.2, 0) is 0 Å². The number of alkyl halides is 1. The standard InChI is InChI=1S/C14H20BrClO/c1-3-5-6-13(16)11-7-8-14(12(15)10-11)17-9-4-2/h7-8,10,13H,3-6,9H2,1-2H3. The van der Waals surface area contributed by atoms with Crippen LogP contribution >= 0.6 is 27.5 Å². The van der Waals surface area contributed by atoms with Gasteiger partial charge in [-0.25, -0.2) is 0 Å². The van der Waals surface area contributed by atoms with Crippen LogP contribution in [0.4, 0.5) is 0 Å². The van der Waals surface area contributed by atoms with E-state index in [9.17, 15) is 0 Å². The molecular weight excluding hydrogens is 300 g/mol. The molecule has 1 unspecified atom stereocenters. The summed E-state index contributed by atoms with van der Waals surface area (Å²) in [6.45, 7) is 5.03. The van der Waals surface area contributed by atoms with Crippen molar-refractivity contribution in [2.24, 2.45) is 0 Å². The Morgan fingerprint density at radius 1 is 1.29 bits per heavy atom. The first kappa shape index (κ1) is 14.8. The number of hydrogen-bond donors (Lipinski definition) is 0. The van der Waals surface area contributed by atoms with Crippen LogP contribution in [0.25, 0.3) is 0 Å². The lowest BCUT2D eigenvalue weighted by molar-refractivity contribution is 0.315. The molecule has 0 aliphatic carbocycles. The van der Waals surface area contributed by atoms with Gasteiger partial charge in [0.2, 0.25) is 0 Å². The smallest absolute Gasteiger partial charge is 0.133 e. The first-order chi connectivity index (χ1) is 8.19. The molecule has 17 heavy (non-hydrogen) atoms. The molecule has 96 valence electrons. The fraction of sp³-hybridized carbons (Fsp3) is 0.571. The number of unbranched alkanes of at least 4 members (excludes halogenated alkanes) is 1. The van der Waals surface area contributed by atoms with Gasteiger partial charge in [0.25, 0.3) is 0 Å². The van der Waals surface area contributed by atoms with Crippen molar-refractivity contribution in [3.8, 4) is 5.75 Å². The molecule has 0 aliphatic heterocycles. The highest BCUT2D eigenvalue weighted by molar-refractivity contribution is 9.10. The van der Waals surface area contributed by atoms with E-state index < -0.39 is 0 Å². The van der Waals surface area contributed by atoms with E-state index in [4.69, 9.17) is 16.3 Å². The summed E-state index contributed by atoms with van der Waals surface area (Å²) in [7, 11) is 0. The van der Waals surface area contributed by atoms with Gasteiger partial charge < -0.3 is 4.74 Å². The number of rotatable bonds is 7. The van der Waals surface area contributed by atoms with E-state index in [-0.39, 0.29) is 5.38 Å². The minimum atomic E-state index is 0.103. The Morgan fingerprint density at radius 2 is 2.06 bits per heavy atom. The molecule has 0 radical (unpaired) electrons. The minimum Gasteiger partial charge on any atom is -0.492 e. The van der Waals surface area contributed by atoms with Crippen molar-refractivity contribution in [3.63, 3.8) is 0 Å². The molecule has 1 rings (SSSR count). The highest BCUT2D eigenvalue weighted by atomic mass is 79.9. The summed E-state index contributed by atoms with van der Waals surface area (Å²) in [5, 5.41) is 0.103. The molecule has 1 aromatic carbocycles. The highest BCUT2D eigenvalue weighted by Crippen LogP contribution is 2.33. The molecule has 0 heterocycles. The average molecular weight is 320 g/mol. The number of hydrogen-bond acceptors (Lipinski definition) is 1. The van der Waals surface area contributed by atoms with Crippen molar-refractivity contribution in [1.29, 1.82) is 0 Å². The molecule has 0 saturated heterocycles. The minimum absolute atomic E-state index is 0.103. The highest BCUT2D eigenvalue weighted by Gasteiger charge is 2.10. The van der Waals surface area contributed by atoms with Crippen LogP contribution in [0.5, 0.6) is 5.75 Å². The second-order valence-electron chi connectivity index (χ2n) is 4.15. The van der Waals surface area contributed by atoms with Crippen molar-refractivity contribution in [2.45, 2.75) is 44.9 Å². The Balaban J connectivity index is 2.67. The Morgan fingerprint density at radius 3 is 2.65 bits per heavy atom. The first-order valence-corrected chi connectivity index (χ1v) is 7.48. The fourth-order valence-electron chi connectivity index (χ4n) is 1.59. The van der Waals surface area contributed by atoms with Gasteiger partial charge in [0, 0.05) is 0 Å². The topological polar surface area (TPSA) is 9.23 Å². The molecule has 1 atom stereocenters. The summed E-state index contributed by atoms with van der Waals surface area (Å²) in [4.78, 5) is 0. The van der Waals surface area contributed by atoms with Gasteiger partial charge in [-0.05, 0) is 46.5 Å². The lowest BCUT2D eigenvalue weighted by Crippen LogP contribution is -1.97. The molecule has 0 N–H and O–H groups in total. The van der Waals surface area contributed by atoms with Gasteiger partial charge in [-0.2, -0.15) is 0 Å². The molecule has 1 aromatic rings. The third kappa shape index (κ3) is 4.89. The molecule has 0 spiro atoms. The Kier molecular flexibility index (Phi) is 6.98. The number of ether oxygens (including phenoxy) is 1. The molecule has 0 fully saturated rings. The van der Waals surface area contributed by atoms with Gasteiger partial charge >= 0.3 is 0 Å². The van der Waals surface area contributed by atoms with Crippen molar-refractivity contribution < 1.29 is 4.74 Å². The van der Waals surface area contributed by atoms with Crippen molar-refractivity contribution in [1.82, 2.24) is 0 Å². The van der Waals surface area contributed by atoms with Crippen LogP contribution in [0.3, 0.4) is 0 Å².